The van der Waals surface area contributed by atoms with Gasteiger partial charge >= 0.3 is 0 Å². The van der Waals surface area contributed by atoms with Crippen LogP contribution in [0.5, 0.6) is 5.75 Å². The summed E-state index contributed by atoms with van der Waals surface area (Å²) < 4.78 is 6.62. The average molecular weight is 365 g/mol. The van der Waals surface area contributed by atoms with Crippen LogP contribution in [0.2, 0.25) is 0 Å². The second-order valence-corrected chi connectivity index (χ2v) is 5.38. The van der Waals surface area contributed by atoms with Gasteiger partial charge in [-0.15, -0.1) is 0 Å². The molecule has 0 amide bonds. The molecule has 0 N–H and O–H groups in total. The minimum absolute atomic E-state index is 0.687. The summed E-state index contributed by atoms with van der Waals surface area (Å²) in [5.74, 6) is 0.926. The van der Waals surface area contributed by atoms with Crippen LogP contribution in [0.15, 0.2) is 47.5 Å². The Bertz CT molecular complexity index is 576. The summed E-state index contributed by atoms with van der Waals surface area (Å²) in [6, 6.07) is 14.2. The molecule has 0 radical (unpaired) electrons. The number of rotatable bonds is 4. The Labute approximate surface area is 127 Å². The molecule has 98 valence electrons. The molecule has 0 aliphatic carbocycles. The van der Waals surface area contributed by atoms with Crippen LogP contribution < -0.4 is 4.74 Å². The SMILES string of the molecule is CCOc1ccc(C=Nc2ccc(C)cc2)cc1I. The normalized spacial score (nSPS) is 10.9. The highest BCUT2D eigenvalue weighted by atomic mass is 127. The molecule has 0 atom stereocenters. The number of ether oxygens (including phenoxy) is 1. The quantitative estimate of drug-likeness (QED) is 0.566. The molecule has 0 saturated heterocycles. The third-order valence-electron chi connectivity index (χ3n) is 2.65. The summed E-state index contributed by atoms with van der Waals surface area (Å²) in [6.07, 6.45) is 1.88. The molecule has 0 heterocycles. The van der Waals surface area contributed by atoms with Crippen molar-refractivity contribution in [2.75, 3.05) is 6.61 Å². The Hall–Kier alpha value is -1.36. The molecule has 0 aliphatic heterocycles. The molecule has 0 spiro atoms. The van der Waals surface area contributed by atoms with Crippen LogP contribution in [0.4, 0.5) is 5.69 Å². The van der Waals surface area contributed by atoms with Crippen molar-refractivity contribution in [3.63, 3.8) is 0 Å². The lowest BCUT2D eigenvalue weighted by Crippen LogP contribution is -1.94. The highest BCUT2D eigenvalue weighted by molar-refractivity contribution is 14.1. The van der Waals surface area contributed by atoms with E-state index in [-0.39, 0.29) is 0 Å². The van der Waals surface area contributed by atoms with E-state index in [0.29, 0.717) is 6.61 Å². The molecule has 0 aromatic heterocycles. The average Bonchev–Trinajstić information content (AvgIpc) is 2.41. The fraction of sp³-hybridized carbons (Fsp3) is 0.188. The molecule has 0 fully saturated rings. The monoisotopic (exact) mass is 365 g/mol. The van der Waals surface area contributed by atoms with E-state index in [4.69, 9.17) is 4.74 Å². The highest BCUT2D eigenvalue weighted by Crippen LogP contribution is 2.22. The first-order valence-electron chi connectivity index (χ1n) is 6.22. The largest absolute Gasteiger partial charge is 0.493 e. The van der Waals surface area contributed by atoms with Crippen molar-refractivity contribution < 1.29 is 4.74 Å². The van der Waals surface area contributed by atoms with Crippen molar-refractivity contribution in [1.82, 2.24) is 0 Å². The molecular weight excluding hydrogens is 349 g/mol. The van der Waals surface area contributed by atoms with Gasteiger partial charge in [0.25, 0.3) is 0 Å². The van der Waals surface area contributed by atoms with E-state index in [1.54, 1.807) is 0 Å². The number of nitrogens with zero attached hydrogens (tertiary/aromatic N) is 1. The van der Waals surface area contributed by atoms with Crippen molar-refractivity contribution in [2.24, 2.45) is 4.99 Å². The van der Waals surface area contributed by atoms with Crippen molar-refractivity contribution in [3.05, 3.63) is 57.2 Å². The number of aryl methyl sites for hydroxylation is 1. The number of hydrogen-bond acceptors (Lipinski definition) is 2. The maximum atomic E-state index is 5.52. The first-order chi connectivity index (χ1) is 9.19. The van der Waals surface area contributed by atoms with Crippen LogP contribution in [0.3, 0.4) is 0 Å². The van der Waals surface area contributed by atoms with Crippen LogP contribution >= 0.6 is 22.6 Å². The Kier molecular flexibility index (Phi) is 4.96. The Morgan fingerprint density at radius 3 is 2.53 bits per heavy atom. The maximum absolute atomic E-state index is 5.52. The van der Waals surface area contributed by atoms with Gasteiger partial charge in [0, 0.05) is 6.21 Å². The standard InChI is InChI=1S/C16H16INO/c1-3-19-16-9-6-13(10-15(16)17)11-18-14-7-4-12(2)5-8-14/h4-11H,3H2,1-2H3. The van der Waals surface area contributed by atoms with Gasteiger partial charge < -0.3 is 4.74 Å². The van der Waals surface area contributed by atoms with Crippen LogP contribution in [0.25, 0.3) is 0 Å². The van der Waals surface area contributed by atoms with E-state index in [9.17, 15) is 0 Å². The van der Waals surface area contributed by atoms with Gasteiger partial charge in [0.2, 0.25) is 0 Å². The number of benzene rings is 2. The van der Waals surface area contributed by atoms with E-state index in [0.717, 1.165) is 20.6 Å². The second kappa shape index (κ2) is 6.70. The smallest absolute Gasteiger partial charge is 0.132 e. The van der Waals surface area contributed by atoms with E-state index < -0.39 is 0 Å². The summed E-state index contributed by atoms with van der Waals surface area (Å²) in [5.41, 5.74) is 3.29. The Balaban J connectivity index is 2.14. The fourth-order valence-corrected chi connectivity index (χ4v) is 2.34. The topological polar surface area (TPSA) is 21.6 Å². The molecule has 0 saturated carbocycles. The first kappa shape index (κ1) is 14.1. The lowest BCUT2D eigenvalue weighted by Gasteiger charge is -2.05. The number of halogens is 1. The molecule has 19 heavy (non-hydrogen) atoms. The van der Waals surface area contributed by atoms with Gasteiger partial charge in [0.1, 0.15) is 5.75 Å². The summed E-state index contributed by atoms with van der Waals surface area (Å²) in [5, 5.41) is 0. The van der Waals surface area contributed by atoms with E-state index >= 15 is 0 Å². The van der Waals surface area contributed by atoms with Gasteiger partial charge in [-0.25, -0.2) is 0 Å². The van der Waals surface area contributed by atoms with Crippen LogP contribution in [-0.2, 0) is 0 Å². The summed E-state index contributed by atoms with van der Waals surface area (Å²) >= 11 is 2.28. The summed E-state index contributed by atoms with van der Waals surface area (Å²) in [6.45, 7) is 4.75. The van der Waals surface area contributed by atoms with Gasteiger partial charge in [0.15, 0.2) is 0 Å². The number of hydrogen-bond donors (Lipinski definition) is 0. The zero-order valence-electron chi connectivity index (χ0n) is 11.1. The fourth-order valence-electron chi connectivity index (χ4n) is 1.65. The van der Waals surface area contributed by atoms with Gasteiger partial charge in [-0.2, -0.15) is 0 Å². The molecule has 2 aromatic carbocycles. The minimum atomic E-state index is 0.687. The molecule has 3 heteroatoms. The van der Waals surface area contributed by atoms with Crippen LogP contribution in [-0.4, -0.2) is 12.8 Å². The molecular formula is C16H16INO. The Morgan fingerprint density at radius 1 is 1.16 bits per heavy atom. The zero-order valence-corrected chi connectivity index (χ0v) is 13.2. The van der Waals surface area contributed by atoms with Gasteiger partial charge in [-0.1, -0.05) is 17.7 Å². The molecule has 0 unspecified atom stereocenters. The lowest BCUT2D eigenvalue weighted by atomic mass is 10.2. The lowest BCUT2D eigenvalue weighted by molar-refractivity contribution is 0.338. The van der Waals surface area contributed by atoms with E-state index in [1.165, 1.54) is 5.56 Å². The summed E-state index contributed by atoms with van der Waals surface area (Å²) in [4.78, 5) is 4.47. The Morgan fingerprint density at radius 2 is 1.89 bits per heavy atom. The van der Waals surface area contributed by atoms with Crippen molar-refractivity contribution in [2.45, 2.75) is 13.8 Å². The number of aliphatic imine (C=N–C) groups is 1. The molecule has 0 bridgehead atoms. The highest BCUT2D eigenvalue weighted by Gasteiger charge is 2.00. The predicted molar refractivity (Wildman–Crippen MR) is 88.8 cm³/mol. The van der Waals surface area contributed by atoms with Crippen molar-refractivity contribution >= 4 is 34.5 Å². The first-order valence-corrected chi connectivity index (χ1v) is 7.30. The molecule has 2 rings (SSSR count). The van der Waals surface area contributed by atoms with Crippen molar-refractivity contribution in [1.29, 1.82) is 0 Å². The maximum Gasteiger partial charge on any atom is 0.132 e. The predicted octanol–water partition coefficient (Wildman–Crippen LogP) is 4.75. The second-order valence-electron chi connectivity index (χ2n) is 4.22. The van der Waals surface area contributed by atoms with Gasteiger partial charge in [-0.05, 0) is 72.3 Å². The molecule has 2 aromatic rings. The van der Waals surface area contributed by atoms with E-state index in [2.05, 4.69) is 52.7 Å². The molecule has 2 nitrogen and oxygen atoms in total. The zero-order chi connectivity index (χ0) is 13.7. The van der Waals surface area contributed by atoms with Gasteiger partial charge in [0.05, 0.1) is 15.9 Å². The third kappa shape index (κ3) is 4.06. The summed E-state index contributed by atoms with van der Waals surface area (Å²) in [7, 11) is 0. The molecule has 0 aliphatic rings. The van der Waals surface area contributed by atoms with Crippen LogP contribution in [0.1, 0.15) is 18.1 Å². The minimum Gasteiger partial charge on any atom is -0.493 e. The van der Waals surface area contributed by atoms with Crippen molar-refractivity contribution in [3.8, 4) is 5.75 Å². The van der Waals surface area contributed by atoms with E-state index in [1.807, 2.05) is 37.4 Å². The van der Waals surface area contributed by atoms with Gasteiger partial charge in [-0.3, -0.25) is 4.99 Å². The van der Waals surface area contributed by atoms with Crippen LogP contribution in [0, 0.1) is 10.5 Å². The third-order valence-corrected chi connectivity index (χ3v) is 3.50.